The van der Waals surface area contributed by atoms with Crippen LogP contribution in [0.5, 0.6) is 0 Å². The molecule has 5 heterocycles. The fraction of sp³-hybridized carbons (Fsp3) is 0.451. The van der Waals surface area contributed by atoms with Crippen LogP contribution in [-0.4, -0.2) is 223 Å². The molecular formula is C51H63N13O16S. The number of carbonyl (C=O) groups excluding carboxylic acids is 7. The lowest BCUT2D eigenvalue weighted by Crippen LogP contribution is -2.70. The van der Waals surface area contributed by atoms with E-state index in [1.165, 1.54) is 6.07 Å². The summed E-state index contributed by atoms with van der Waals surface area (Å²) in [6, 6.07) is 9.52. The zero-order valence-corrected chi connectivity index (χ0v) is 44.1. The second kappa shape index (κ2) is 26.2. The number of thioether (sulfide) groups is 1. The number of aliphatic hydroxyl groups is 7. The number of nitrogens with one attached hydrogen (secondary N) is 7. The minimum Gasteiger partial charge on any atom is -0.431 e. The zero-order valence-electron chi connectivity index (χ0n) is 43.3. The van der Waals surface area contributed by atoms with Gasteiger partial charge in [0.05, 0.1) is 50.7 Å². The van der Waals surface area contributed by atoms with Gasteiger partial charge in [0, 0.05) is 17.9 Å². The van der Waals surface area contributed by atoms with Crippen LogP contribution in [0.2, 0.25) is 0 Å². The molecule has 18 N–H and O–H groups in total. The number of aromatic nitrogens is 1. The molecule has 434 valence electrons. The van der Waals surface area contributed by atoms with Gasteiger partial charge in [0.25, 0.3) is 5.22 Å². The maximum absolute atomic E-state index is 15.1. The standard InChI is InChI=1S/C51H63N13O16S/c1-22(24-8-4-2-5-9-24)35-45(76)57-27(14-23-12-13-26-32(15-23)80-51(60-26)81-21-31(67)25-10-6-3-7-11-25)44(75)62-36(38(69)28-16-55-49(52)59-28)47(78)63-37(46(77)58-29(19-65)43(74)54-18-34(68)61-35)39(70)30-17-56-50(53)64(30)48-42(73)41(72)40(71)33(20-66)79-48/h2-13,15,22,27-30,33,35-42,48,65-66,69-73H,14,16-21H2,1H3,(H2,53,56)(H,54,74)(H,57,76)(H,58,77)(H,61,68)(H,62,75)(H,63,78)(H3,52,55,59)/t22-,27+,28-,29-,30-,33+,35-,36-,37+,38+,39-,40+,41-,42-,48-/m0/s1. The minimum absolute atomic E-state index is 0.00306. The summed E-state index contributed by atoms with van der Waals surface area (Å²) in [5, 5.41) is 94.4. The quantitative estimate of drug-likeness (QED) is 0.0389. The lowest BCUT2D eigenvalue weighted by Gasteiger charge is -2.46. The Bertz CT molecular complexity index is 3010. The van der Waals surface area contributed by atoms with Crippen molar-refractivity contribution in [1.29, 1.82) is 0 Å². The van der Waals surface area contributed by atoms with Crippen LogP contribution >= 0.6 is 11.8 Å². The molecule has 0 aliphatic carbocycles. The highest BCUT2D eigenvalue weighted by Gasteiger charge is 2.52. The minimum atomic E-state index is -2.28. The van der Waals surface area contributed by atoms with Crippen molar-refractivity contribution in [3.05, 3.63) is 95.6 Å². The number of carbonyl (C=O) groups is 7. The molecule has 2 saturated heterocycles. The Hall–Kier alpha value is -7.81. The van der Waals surface area contributed by atoms with E-state index in [1.54, 1.807) is 79.7 Å². The number of hydrogen-bond donors (Lipinski definition) is 16. The molecular weight excluding hydrogens is 1080 g/mol. The Morgan fingerprint density at radius 3 is 2.06 bits per heavy atom. The van der Waals surface area contributed by atoms with E-state index >= 15 is 4.79 Å². The van der Waals surface area contributed by atoms with E-state index in [4.69, 9.17) is 20.6 Å². The van der Waals surface area contributed by atoms with Gasteiger partial charge in [-0.3, -0.25) is 43.5 Å². The first-order valence-electron chi connectivity index (χ1n) is 25.6. The van der Waals surface area contributed by atoms with E-state index in [0.29, 0.717) is 22.2 Å². The summed E-state index contributed by atoms with van der Waals surface area (Å²) in [5.41, 5.74) is 14.1. The highest BCUT2D eigenvalue weighted by molar-refractivity contribution is 7.99. The van der Waals surface area contributed by atoms with Crippen molar-refractivity contribution >= 4 is 76.0 Å². The highest BCUT2D eigenvalue weighted by Crippen LogP contribution is 2.30. The third-order valence-corrected chi connectivity index (χ3v) is 15.1. The predicted molar refractivity (Wildman–Crippen MR) is 285 cm³/mol. The van der Waals surface area contributed by atoms with E-state index in [-0.39, 0.29) is 41.3 Å². The summed E-state index contributed by atoms with van der Waals surface area (Å²) in [5.74, 6) is -8.52. The highest BCUT2D eigenvalue weighted by atomic mass is 32.2. The van der Waals surface area contributed by atoms with Gasteiger partial charge < -0.3 is 98.5 Å². The number of nitrogens with two attached hydrogens (primary N) is 2. The van der Waals surface area contributed by atoms with Crippen LogP contribution in [0.4, 0.5) is 0 Å². The number of Topliss-reactive ketones (excluding diaryl/α,β-unsaturated/α-hetero) is 1. The number of ether oxygens (including phenoxy) is 1. The molecule has 81 heavy (non-hydrogen) atoms. The summed E-state index contributed by atoms with van der Waals surface area (Å²) in [6.45, 7) is -1.98. The molecule has 30 heteroatoms. The monoisotopic (exact) mass is 1150 g/mol. The van der Waals surface area contributed by atoms with Gasteiger partial charge in [-0.1, -0.05) is 85.4 Å². The molecule has 15 atom stereocenters. The lowest BCUT2D eigenvalue weighted by atomic mass is 9.92. The van der Waals surface area contributed by atoms with E-state index in [2.05, 4.69) is 52.2 Å². The van der Waals surface area contributed by atoms with Crippen molar-refractivity contribution in [3.8, 4) is 0 Å². The Labute approximate surface area is 465 Å². The van der Waals surface area contributed by atoms with Gasteiger partial charge in [0.2, 0.25) is 35.4 Å². The number of aliphatic imine (C=N–C) groups is 2. The normalized spacial score (nSPS) is 29.3. The van der Waals surface area contributed by atoms with Gasteiger partial charge in [-0.25, -0.2) is 4.98 Å². The number of rotatable bonds is 15. The molecule has 0 unspecified atom stereocenters. The molecule has 0 bridgehead atoms. The van der Waals surface area contributed by atoms with Crippen LogP contribution < -0.4 is 48.7 Å². The van der Waals surface area contributed by atoms with E-state index in [0.717, 1.165) is 16.7 Å². The number of benzene rings is 3. The molecule has 3 aromatic carbocycles. The van der Waals surface area contributed by atoms with Crippen LogP contribution in [0.15, 0.2) is 98.5 Å². The first kappa shape index (κ1) is 59.3. The summed E-state index contributed by atoms with van der Waals surface area (Å²) >= 11 is 1.05. The second-order valence-corrected chi connectivity index (χ2v) is 20.6. The van der Waals surface area contributed by atoms with Crippen molar-refractivity contribution in [3.63, 3.8) is 0 Å². The van der Waals surface area contributed by atoms with Crippen molar-refractivity contribution < 1.29 is 78.5 Å². The van der Waals surface area contributed by atoms with Gasteiger partial charge in [-0.2, -0.15) is 0 Å². The summed E-state index contributed by atoms with van der Waals surface area (Å²) < 4.78 is 11.7. The Morgan fingerprint density at radius 2 is 1.38 bits per heavy atom. The number of nitrogens with zero attached hydrogens (tertiary/aromatic N) is 4. The Balaban J connectivity index is 1.16. The number of oxazole rings is 1. The molecule has 4 aromatic rings. The third kappa shape index (κ3) is 13.7. The molecule has 1 aromatic heterocycles. The summed E-state index contributed by atoms with van der Waals surface area (Å²) in [6.07, 6.45) is -13.7. The topological polar surface area (TPSA) is 461 Å². The summed E-state index contributed by atoms with van der Waals surface area (Å²) in [7, 11) is 0. The molecule has 0 radical (unpaired) electrons. The third-order valence-electron chi connectivity index (χ3n) is 14.2. The van der Waals surface area contributed by atoms with Crippen LogP contribution in [0, 0.1) is 0 Å². The fourth-order valence-electron chi connectivity index (χ4n) is 9.68. The zero-order chi connectivity index (χ0) is 58.2. The van der Waals surface area contributed by atoms with Gasteiger partial charge in [0.1, 0.15) is 72.3 Å². The Kier molecular flexibility index (Phi) is 19.2. The summed E-state index contributed by atoms with van der Waals surface area (Å²) in [4.78, 5) is 113. The van der Waals surface area contributed by atoms with E-state index in [1.807, 2.05) is 0 Å². The van der Waals surface area contributed by atoms with Gasteiger partial charge in [-0.05, 0) is 23.3 Å². The smallest absolute Gasteiger partial charge is 0.257 e. The van der Waals surface area contributed by atoms with Gasteiger partial charge in [0.15, 0.2) is 29.5 Å². The maximum atomic E-state index is 15.1. The number of hydrogen-bond acceptors (Lipinski definition) is 24. The molecule has 4 aliphatic rings. The van der Waals surface area contributed by atoms with Gasteiger partial charge >= 0.3 is 0 Å². The van der Waals surface area contributed by atoms with Crippen molar-refractivity contribution in [2.45, 2.75) is 110 Å². The second-order valence-electron chi connectivity index (χ2n) is 19.7. The number of ketones is 1. The van der Waals surface area contributed by atoms with Crippen molar-refractivity contribution in [2.75, 3.05) is 38.6 Å². The van der Waals surface area contributed by atoms with Crippen LogP contribution in [0.25, 0.3) is 11.1 Å². The van der Waals surface area contributed by atoms with Crippen LogP contribution in [-0.2, 0) is 39.9 Å². The molecule has 8 rings (SSSR count). The molecule has 0 saturated carbocycles. The largest absolute Gasteiger partial charge is 0.431 e. The first-order valence-corrected chi connectivity index (χ1v) is 26.6. The predicted octanol–water partition coefficient (Wildman–Crippen LogP) is -6.50. The van der Waals surface area contributed by atoms with Crippen molar-refractivity contribution in [2.24, 2.45) is 21.5 Å². The average Bonchev–Trinajstić information content (AvgIpc) is 4.39. The number of fused-ring (bicyclic) bond motifs is 1. The first-order chi connectivity index (χ1) is 38.8. The fourth-order valence-corrected chi connectivity index (χ4v) is 10.4. The van der Waals surface area contributed by atoms with Crippen LogP contribution in [0.1, 0.15) is 34.3 Å². The SMILES string of the molecule is C[C@@H](c1ccccc1)[C@@H]1NC(=O)CNC(=O)[C@H](CO)NC(=O)[C@@H]([C@@H](O)[C@@H]2CN=C(N)N2[C@H]2O[C@H](CO)[C@@H](O)[C@H](O)[C@@H]2O)NC(=O)[C@H]([C@H](O)[C@@H]2CN=C(N)N2)NC(=O)[C@@H](Cc2ccc3nc(SCC(=O)c4ccccc4)oc3c2)NC1=O. The molecule has 4 aliphatic heterocycles. The molecule has 0 spiro atoms. The molecule has 29 nitrogen and oxygen atoms in total. The number of aliphatic hydroxyl groups excluding tert-OH is 7. The van der Waals surface area contributed by atoms with Crippen LogP contribution in [0.3, 0.4) is 0 Å². The van der Waals surface area contributed by atoms with E-state index < -0.39 is 159 Å². The maximum Gasteiger partial charge on any atom is 0.257 e. The van der Waals surface area contributed by atoms with Gasteiger partial charge in [-0.15, -0.1) is 0 Å². The average molecular weight is 1150 g/mol. The lowest BCUT2D eigenvalue weighted by molar-refractivity contribution is -0.260. The molecule has 2 fully saturated rings. The Morgan fingerprint density at radius 1 is 0.728 bits per heavy atom. The van der Waals surface area contributed by atoms with Crippen molar-refractivity contribution in [1.82, 2.24) is 47.1 Å². The van der Waals surface area contributed by atoms with E-state index in [9.17, 15) is 64.5 Å². The number of guanidine groups is 2. The number of amides is 6. The molecule has 6 amide bonds.